The minimum Gasteiger partial charge on any atom is -0.489 e. The lowest BCUT2D eigenvalue weighted by Crippen LogP contribution is -2.10. The van der Waals surface area contributed by atoms with Crippen LogP contribution in [0.25, 0.3) is 0 Å². The van der Waals surface area contributed by atoms with Crippen LogP contribution in [-0.2, 0) is 11.4 Å². The normalized spacial score (nSPS) is 11.4. The van der Waals surface area contributed by atoms with Crippen molar-refractivity contribution in [3.63, 3.8) is 0 Å². The number of nitrogens with zero attached hydrogens (tertiary/aromatic N) is 2. The van der Waals surface area contributed by atoms with Gasteiger partial charge in [0.15, 0.2) is 0 Å². The Morgan fingerprint density at radius 1 is 1.04 bits per heavy atom. The molecule has 0 unspecified atom stereocenters. The molecule has 0 saturated carbocycles. The molecule has 5 nitrogen and oxygen atoms in total. The molecular weight excluding hydrogens is 372 g/mol. The second-order valence-corrected chi connectivity index (χ2v) is 7.35. The number of aryl methyl sites for hydroxylation is 2. The maximum atomic E-state index is 6.06. The van der Waals surface area contributed by atoms with Gasteiger partial charge in [-0.3, -0.25) is 0 Å². The first-order valence-corrected chi connectivity index (χ1v) is 9.94. The molecule has 0 atom stereocenters. The lowest BCUT2D eigenvalue weighted by molar-refractivity contribution is 0.214. The van der Waals surface area contributed by atoms with Crippen molar-refractivity contribution >= 4 is 17.0 Å². The second kappa shape index (κ2) is 9.37. The van der Waals surface area contributed by atoms with Gasteiger partial charge in [0, 0.05) is 5.56 Å². The summed E-state index contributed by atoms with van der Waals surface area (Å²) >= 11 is 1.54. The number of hydrogen-bond acceptors (Lipinski definition) is 6. The van der Waals surface area contributed by atoms with Crippen LogP contribution in [0.3, 0.4) is 0 Å². The van der Waals surface area contributed by atoms with Gasteiger partial charge in [0.1, 0.15) is 30.2 Å². The maximum Gasteiger partial charge on any atom is 0.228 e. The van der Waals surface area contributed by atoms with Crippen LogP contribution in [0.1, 0.15) is 33.5 Å². The molecule has 0 aliphatic heterocycles. The molecule has 0 spiro atoms. The van der Waals surface area contributed by atoms with Crippen LogP contribution in [0.15, 0.2) is 53.7 Å². The Hall–Kier alpha value is -2.86. The van der Waals surface area contributed by atoms with E-state index in [0.29, 0.717) is 24.8 Å². The number of hydrogen-bond donors (Lipinski definition) is 0. The van der Waals surface area contributed by atoms with Crippen molar-refractivity contribution in [1.29, 1.82) is 0 Å². The molecule has 0 amide bonds. The molecular formula is C22H24N2O3S. The minimum absolute atomic E-state index is 0.423. The van der Waals surface area contributed by atoms with E-state index >= 15 is 0 Å². The zero-order valence-electron chi connectivity index (χ0n) is 16.6. The highest BCUT2D eigenvalue weighted by molar-refractivity contribution is 7.14. The Labute approximate surface area is 169 Å². The summed E-state index contributed by atoms with van der Waals surface area (Å²) in [5.74, 6) is 1.51. The number of oxime groups is 1. The SMILES string of the molecule is CCOc1nc(C(=NOC)c2ccccc2COc2ccccc2C)sc1C. The first kappa shape index (κ1) is 19.9. The largest absolute Gasteiger partial charge is 0.489 e. The predicted octanol–water partition coefficient (Wildman–Crippen LogP) is 5.14. The lowest BCUT2D eigenvalue weighted by Gasteiger charge is -2.13. The first-order valence-electron chi connectivity index (χ1n) is 9.12. The molecule has 0 aliphatic carbocycles. The Balaban J connectivity index is 1.93. The summed E-state index contributed by atoms with van der Waals surface area (Å²) in [5, 5.41) is 5.02. The molecule has 1 aromatic heterocycles. The van der Waals surface area contributed by atoms with Gasteiger partial charge in [-0.15, -0.1) is 11.3 Å². The third kappa shape index (κ3) is 4.51. The van der Waals surface area contributed by atoms with Gasteiger partial charge < -0.3 is 14.3 Å². The zero-order valence-corrected chi connectivity index (χ0v) is 17.4. The summed E-state index contributed by atoms with van der Waals surface area (Å²) in [5.41, 5.74) is 3.70. The molecule has 0 aliphatic rings. The Kier molecular flexibility index (Phi) is 6.66. The molecule has 0 fully saturated rings. The minimum atomic E-state index is 0.423. The summed E-state index contributed by atoms with van der Waals surface area (Å²) in [6.45, 7) is 6.96. The van der Waals surface area contributed by atoms with Crippen LogP contribution in [0.4, 0.5) is 0 Å². The van der Waals surface area contributed by atoms with E-state index < -0.39 is 0 Å². The van der Waals surface area contributed by atoms with E-state index in [0.717, 1.165) is 32.3 Å². The summed E-state index contributed by atoms with van der Waals surface area (Å²) in [4.78, 5) is 10.8. The lowest BCUT2D eigenvalue weighted by atomic mass is 10.0. The highest BCUT2D eigenvalue weighted by Gasteiger charge is 2.19. The fraction of sp³-hybridized carbons (Fsp3) is 0.273. The van der Waals surface area contributed by atoms with Crippen molar-refractivity contribution in [2.45, 2.75) is 27.4 Å². The molecule has 146 valence electrons. The van der Waals surface area contributed by atoms with Crippen LogP contribution in [0.5, 0.6) is 11.6 Å². The van der Waals surface area contributed by atoms with E-state index in [1.54, 1.807) is 0 Å². The van der Waals surface area contributed by atoms with Gasteiger partial charge in [-0.05, 0) is 38.0 Å². The third-order valence-electron chi connectivity index (χ3n) is 4.17. The molecule has 6 heteroatoms. The van der Waals surface area contributed by atoms with Gasteiger partial charge in [-0.1, -0.05) is 47.6 Å². The Bertz CT molecular complexity index is 966. The van der Waals surface area contributed by atoms with E-state index in [2.05, 4.69) is 10.1 Å². The third-order valence-corrected chi connectivity index (χ3v) is 5.13. The standard InChI is InChI=1S/C22H24N2O3S/c1-5-26-21-16(3)28-22(23-21)20(24-25-4)18-12-8-7-11-17(18)14-27-19-13-9-6-10-15(19)2/h6-13H,5,14H2,1-4H3. The van der Waals surface area contributed by atoms with Crippen LogP contribution >= 0.6 is 11.3 Å². The van der Waals surface area contributed by atoms with Crippen molar-refractivity contribution in [3.8, 4) is 11.6 Å². The van der Waals surface area contributed by atoms with Crippen LogP contribution < -0.4 is 9.47 Å². The van der Waals surface area contributed by atoms with Crippen molar-refractivity contribution in [1.82, 2.24) is 4.98 Å². The summed E-state index contributed by atoms with van der Waals surface area (Å²) in [6, 6.07) is 16.0. The molecule has 2 aromatic carbocycles. The molecule has 0 N–H and O–H groups in total. The molecule has 0 saturated heterocycles. The quantitative estimate of drug-likeness (QED) is 0.391. The first-order chi connectivity index (χ1) is 13.6. The number of benzene rings is 2. The zero-order chi connectivity index (χ0) is 19.9. The summed E-state index contributed by atoms with van der Waals surface area (Å²) in [6.07, 6.45) is 0. The monoisotopic (exact) mass is 396 g/mol. The van der Waals surface area contributed by atoms with E-state index in [9.17, 15) is 0 Å². The van der Waals surface area contributed by atoms with Crippen LogP contribution in [-0.4, -0.2) is 24.4 Å². The van der Waals surface area contributed by atoms with E-state index in [4.69, 9.17) is 14.3 Å². The number of aromatic nitrogens is 1. The van der Waals surface area contributed by atoms with Crippen molar-refractivity contribution in [2.24, 2.45) is 5.16 Å². The molecule has 3 rings (SSSR count). The topological polar surface area (TPSA) is 52.9 Å². The van der Waals surface area contributed by atoms with Crippen molar-refractivity contribution in [3.05, 3.63) is 75.1 Å². The van der Waals surface area contributed by atoms with Gasteiger partial charge >= 0.3 is 0 Å². The number of ether oxygens (including phenoxy) is 2. The molecule has 0 radical (unpaired) electrons. The average molecular weight is 397 g/mol. The average Bonchev–Trinajstić information content (AvgIpc) is 3.06. The fourth-order valence-corrected chi connectivity index (χ4v) is 3.65. The van der Waals surface area contributed by atoms with Crippen molar-refractivity contribution in [2.75, 3.05) is 13.7 Å². The molecule has 28 heavy (non-hydrogen) atoms. The van der Waals surface area contributed by atoms with Gasteiger partial charge in [0.25, 0.3) is 0 Å². The van der Waals surface area contributed by atoms with Crippen LogP contribution in [0.2, 0.25) is 0 Å². The number of para-hydroxylation sites is 1. The van der Waals surface area contributed by atoms with Gasteiger partial charge in [0.2, 0.25) is 5.88 Å². The molecule has 3 aromatic rings. The smallest absolute Gasteiger partial charge is 0.228 e. The second-order valence-electron chi connectivity index (χ2n) is 6.15. The maximum absolute atomic E-state index is 6.06. The Morgan fingerprint density at radius 2 is 1.79 bits per heavy atom. The van der Waals surface area contributed by atoms with Gasteiger partial charge in [-0.2, -0.15) is 4.98 Å². The molecule has 0 bridgehead atoms. The van der Waals surface area contributed by atoms with Crippen LogP contribution in [0, 0.1) is 13.8 Å². The van der Waals surface area contributed by atoms with Gasteiger partial charge in [-0.25, -0.2) is 0 Å². The highest BCUT2D eigenvalue weighted by atomic mass is 32.1. The highest BCUT2D eigenvalue weighted by Crippen LogP contribution is 2.28. The fourth-order valence-electron chi connectivity index (χ4n) is 2.80. The molecule has 1 heterocycles. The van der Waals surface area contributed by atoms with E-state index in [1.165, 1.54) is 18.4 Å². The summed E-state index contributed by atoms with van der Waals surface area (Å²) in [7, 11) is 1.54. The van der Waals surface area contributed by atoms with Crippen molar-refractivity contribution < 1.29 is 14.3 Å². The summed E-state index contributed by atoms with van der Waals surface area (Å²) < 4.78 is 11.7. The Morgan fingerprint density at radius 3 is 2.54 bits per heavy atom. The number of thiazole rings is 1. The van der Waals surface area contributed by atoms with E-state index in [1.807, 2.05) is 69.3 Å². The van der Waals surface area contributed by atoms with E-state index in [-0.39, 0.29) is 0 Å². The number of rotatable bonds is 8. The van der Waals surface area contributed by atoms with Gasteiger partial charge in [0.05, 0.1) is 11.5 Å². The predicted molar refractivity (Wildman–Crippen MR) is 113 cm³/mol.